The van der Waals surface area contributed by atoms with Crippen molar-refractivity contribution in [3.05, 3.63) is 18.3 Å². The van der Waals surface area contributed by atoms with Gasteiger partial charge in [-0.25, -0.2) is 0 Å². The minimum atomic E-state index is -0.204. The zero-order valence-corrected chi connectivity index (χ0v) is 14.0. The van der Waals surface area contributed by atoms with Gasteiger partial charge < -0.3 is 20.3 Å². The van der Waals surface area contributed by atoms with Gasteiger partial charge in [0.2, 0.25) is 5.91 Å². The Bertz CT molecular complexity index is 471. The molecule has 0 spiro atoms. The van der Waals surface area contributed by atoms with Crippen molar-refractivity contribution >= 4 is 11.7 Å². The van der Waals surface area contributed by atoms with E-state index in [0.717, 1.165) is 38.2 Å². The van der Waals surface area contributed by atoms with E-state index >= 15 is 0 Å². The number of methoxy groups -OCH3 is 1. The second-order valence-corrected chi connectivity index (χ2v) is 5.89. The predicted molar refractivity (Wildman–Crippen MR) is 89.4 cm³/mol. The number of amides is 1. The van der Waals surface area contributed by atoms with Gasteiger partial charge in [0.1, 0.15) is 0 Å². The number of nitrogens with zero attached hydrogens (tertiary/aromatic N) is 3. The summed E-state index contributed by atoms with van der Waals surface area (Å²) in [5.74, 6) is 0.938. The van der Waals surface area contributed by atoms with Crippen LogP contribution in [0.3, 0.4) is 0 Å². The van der Waals surface area contributed by atoms with E-state index in [1.807, 2.05) is 19.1 Å². The van der Waals surface area contributed by atoms with Crippen molar-refractivity contribution in [3.8, 4) is 0 Å². The number of hydrogen-bond acceptors (Lipinski definition) is 6. The standard InChI is InChI=1S/C16H27N5O2/c1-13(16(22)17-8-5-11-23-2)19-14-6-4-10-21(12-14)15-7-3-9-18-20-15/h3,7,9,13-14,19H,4-6,8,10-12H2,1-2H3,(H,17,22)/t13-,14+/m0/s1. The molecule has 1 amide bonds. The SMILES string of the molecule is COCCCNC(=O)[C@H](C)N[C@@H]1CCCN(c2cccnn2)C1. The molecule has 1 aliphatic rings. The minimum Gasteiger partial charge on any atom is -0.385 e. The summed E-state index contributed by atoms with van der Waals surface area (Å²) >= 11 is 0. The van der Waals surface area contributed by atoms with Crippen LogP contribution < -0.4 is 15.5 Å². The summed E-state index contributed by atoms with van der Waals surface area (Å²) in [4.78, 5) is 14.3. The Balaban J connectivity index is 1.77. The fourth-order valence-electron chi connectivity index (χ4n) is 2.79. The van der Waals surface area contributed by atoms with Crippen LogP contribution in [0.4, 0.5) is 5.82 Å². The normalized spacial score (nSPS) is 19.4. The Morgan fingerprint density at radius 2 is 2.43 bits per heavy atom. The smallest absolute Gasteiger partial charge is 0.236 e. The highest BCUT2D eigenvalue weighted by molar-refractivity contribution is 5.81. The van der Waals surface area contributed by atoms with Crippen LogP contribution in [0, 0.1) is 0 Å². The third-order valence-corrected chi connectivity index (χ3v) is 4.01. The van der Waals surface area contributed by atoms with Crippen LogP contribution in [-0.4, -0.2) is 61.5 Å². The molecule has 23 heavy (non-hydrogen) atoms. The summed E-state index contributed by atoms with van der Waals surface area (Å²) in [7, 11) is 1.66. The third-order valence-electron chi connectivity index (χ3n) is 4.01. The summed E-state index contributed by atoms with van der Waals surface area (Å²) < 4.78 is 4.98. The van der Waals surface area contributed by atoms with Gasteiger partial charge in [-0.05, 0) is 38.3 Å². The van der Waals surface area contributed by atoms with Crippen LogP contribution in [0.15, 0.2) is 18.3 Å². The molecule has 0 radical (unpaired) electrons. The number of anilines is 1. The van der Waals surface area contributed by atoms with Crippen LogP contribution in [-0.2, 0) is 9.53 Å². The van der Waals surface area contributed by atoms with E-state index < -0.39 is 0 Å². The molecule has 7 nitrogen and oxygen atoms in total. The monoisotopic (exact) mass is 321 g/mol. The van der Waals surface area contributed by atoms with Gasteiger partial charge in [0.25, 0.3) is 0 Å². The Kier molecular flexibility index (Phi) is 7.22. The second-order valence-electron chi connectivity index (χ2n) is 5.89. The first-order valence-electron chi connectivity index (χ1n) is 8.26. The van der Waals surface area contributed by atoms with Crippen LogP contribution in [0.5, 0.6) is 0 Å². The number of carbonyl (C=O) groups is 1. The highest BCUT2D eigenvalue weighted by Gasteiger charge is 2.24. The van der Waals surface area contributed by atoms with Crippen molar-refractivity contribution in [2.24, 2.45) is 0 Å². The zero-order valence-electron chi connectivity index (χ0n) is 14.0. The maximum absolute atomic E-state index is 12.1. The zero-order chi connectivity index (χ0) is 16.5. The molecule has 1 fully saturated rings. The Morgan fingerprint density at radius 3 is 3.17 bits per heavy atom. The minimum absolute atomic E-state index is 0.0396. The van der Waals surface area contributed by atoms with E-state index in [0.29, 0.717) is 13.2 Å². The number of ether oxygens (including phenoxy) is 1. The summed E-state index contributed by atoms with van der Waals surface area (Å²) in [6.07, 6.45) is 4.66. The van der Waals surface area contributed by atoms with Gasteiger partial charge in [-0.1, -0.05) is 0 Å². The van der Waals surface area contributed by atoms with E-state index in [2.05, 4.69) is 25.7 Å². The molecular formula is C16H27N5O2. The molecule has 128 valence electrons. The largest absolute Gasteiger partial charge is 0.385 e. The molecule has 1 saturated heterocycles. The van der Waals surface area contributed by atoms with Crippen molar-refractivity contribution in [3.63, 3.8) is 0 Å². The first-order chi connectivity index (χ1) is 11.2. The lowest BCUT2D eigenvalue weighted by Crippen LogP contribution is -2.53. The lowest BCUT2D eigenvalue weighted by atomic mass is 10.0. The molecule has 0 saturated carbocycles. The Hall–Kier alpha value is -1.73. The number of carbonyl (C=O) groups excluding carboxylic acids is 1. The molecule has 7 heteroatoms. The number of piperidine rings is 1. The van der Waals surface area contributed by atoms with E-state index in [4.69, 9.17) is 4.74 Å². The van der Waals surface area contributed by atoms with E-state index in [9.17, 15) is 4.79 Å². The van der Waals surface area contributed by atoms with Gasteiger partial charge in [-0.2, -0.15) is 5.10 Å². The fraction of sp³-hybridized carbons (Fsp3) is 0.688. The first kappa shape index (κ1) is 17.6. The average Bonchev–Trinajstić information content (AvgIpc) is 2.59. The Labute approximate surface area is 137 Å². The van der Waals surface area contributed by atoms with Crippen LogP contribution in [0.1, 0.15) is 26.2 Å². The first-order valence-corrected chi connectivity index (χ1v) is 8.26. The molecule has 0 aliphatic carbocycles. The highest BCUT2D eigenvalue weighted by Crippen LogP contribution is 2.16. The third kappa shape index (κ3) is 5.76. The molecule has 0 bridgehead atoms. The molecule has 2 atom stereocenters. The van der Waals surface area contributed by atoms with Gasteiger partial charge in [0.05, 0.1) is 6.04 Å². The van der Waals surface area contributed by atoms with E-state index in [1.165, 1.54) is 0 Å². The molecule has 0 unspecified atom stereocenters. The molecule has 2 N–H and O–H groups in total. The number of hydrogen-bond donors (Lipinski definition) is 2. The topological polar surface area (TPSA) is 79.4 Å². The van der Waals surface area contributed by atoms with E-state index in [-0.39, 0.29) is 18.0 Å². The van der Waals surface area contributed by atoms with Gasteiger partial charge in [0.15, 0.2) is 5.82 Å². The van der Waals surface area contributed by atoms with Gasteiger partial charge >= 0.3 is 0 Å². The molecule has 2 heterocycles. The summed E-state index contributed by atoms with van der Waals surface area (Å²) in [5.41, 5.74) is 0. The maximum Gasteiger partial charge on any atom is 0.236 e. The van der Waals surface area contributed by atoms with Gasteiger partial charge in [-0.15, -0.1) is 5.10 Å². The van der Waals surface area contributed by atoms with Crippen molar-refractivity contribution in [1.29, 1.82) is 0 Å². The van der Waals surface area contributed by atoms with Crippen molar-refractivity contribution in [2.45, 2.75) is 38.3 Å². The average molecular weight is 321 g/mol. The second kappa shape index (κ2) is 9.42. The number of nitrogens with one attached hydrogen (secondary N) is 2. The fourth-order valence-corrected chi connectivity index (χ4v) is 2.79. The molecule has 1 aliphatic heterocycles. The maximum atomic E-state index is 12.1. The van der Waals surface area contributed by atoms with Crippen LogP contribution in [0.25, 0.3) is 0 Å². The van der Waals surface area contributed by atoms with Crippen LogP contribution in [0.2, 0.25) is 0 Å². The van der Waals surface area contributed by atoms with Gasteiger partial charge in [0, 0.05) is 45.6 Å². The molecular weight excluding hydrogens is 294 g/mol. The molecule has 2 rings (SSSR count). The van der Waals surface area contributed by atoms with Crippen molar-refractivity contribution < 1.29 is 9.53 Å². The molecule has 1 aromatic rings. The van der Waals surface area contributed by atoms with E-state index in [1.54, 1.807) is 13.3 Å². The van der Waals surface area contributed by atoms with Gasteiger partial charge in [-0.3, -0.25) is 4.79 Å². The highest BCUT2D eigenvalue weighted by atomic mass is 16.5. The number of aromatic nitrogens is 2. The summed E-state index contributed by atoms with van der Waals surface area (Å²) in [6, 6.07) is 3.95. The lowest BCUT2D eigenvalue weighted by molar-refractivity contribution is -0.123. The van der Waals surface area contributed by atoms with Crippen molar-refractivity contribution in [1.82, 2.24) is 20.8 Å². The molecule has 0 aromatic carbocycles. The lowest BCUT2D eigenvalue weighted by Gasteiger charge is -2.35. The Morgan fingerprint density at radius 1 is 1.57 bits per heavy atom. The molecule has 1 aromatic heterocycles. The summed E-state index contributed by atoms with van der Waals surface area (Å²) in [6.45, 7) is 5.05. The van der Waals surface area contributed by atoms with Crippen LogP contribution >= 0.6 is 0 Å². The quantitative estimate of drug-likeness (QED) is 0.682. The number of rotatable bonds is 8. The van der Waals surface area contributed by atoms with Crippen molar-refractivity contribution in [2.75, 3.05) is 38.3 Å². The predicted octanol–water partition coefficient (Wildman–Crippen LogP) is 0.576. The summed E-state index contributed by atoms with van der Waals surface area (Å²) in [5, 5.41) is 14.5.